The van der Waals surface area contributed by atoms with Gasteiger partial charge in [0.1, 0.15) is 17.1 Å². The Morgan fingerprint density at radius 1 is 1.38 bits per heavy atom. The number of carbonyl (C=O) groups excluding carboxylic acids is 1. The highest BCUT2D eigenvalue weighted by atomic mass is 32.1. The first-order valence-corrected chi connectivity index (χ1v) is 9.61. The number of hydrogen-bond donors (Lipinski definition) is 1. The van der Waals surface area contributed by atoms with E-state index in [1.165, 1.54) is 6.20 Å². The van der Waals surface area contributed by atoms with Crippen molar-refractivity contribution in [2.45, 2.75) is 57.6 Å². The molecule has 8 heteroatoms. The second-order valence-corrected chi connectivity index (χ2v) is 7.11. The predicted octanol–water partition coefficient (Wildman–Crippen LogP) is 2.88. The minimum Gasteiger partial charge on any atom is -0.474 e. The number of aromatic nitrogens is 3. The minimum atomic E-state index is -0.0680. The Morgan fingerprint density at radius 3 is 2.85 bits per heavy atom. The van der Waals surface area contributed by atoms with E-state index >= 15 is 0 Å². The SMILES string of the molecule is CCCc1nnsc1C(=O)NC1CCC(Oc2ccc(C#N)cn2)CC1. The standard InChI is InChI=1S/C18H21N5O2S/c1-2-3-15-17(26-23-22-15)18(24)21-13-5-7-14(8-6-13)25-16-9-4-12(10-19)11-20-16/h4,9,11,13-14H,2-3,5-8H2,1H3,(H,21,24). The lowest BCUT2D eigenvalue weighted by molar-refractivity contribution is 0.0893. The highest BCUT2D eigenvalue weighted by Crippen LogP contribution is 2.24. The molecule has 1 amide bonds. The smallest absolute Gasteiger partial charge is 0.265 e. The summed E-state index contributed by atoms with van der Waals surface area (Å²) in [5.41, 5.74) is 1.31. The quantitative estimate of drug-likeness (QED) is 0.838. The molecule has 1 saturated carbocycles. The Hall–Kier alpha value is -2.53. The Bertz CT molecular complexity index is 776. The summed E-state index contributed by atoms with van der Waals surface area (Å²) >= 11 is 1.16. The molecular formula is C18H21N5O2S. The van der Waals surface area contributed by atoms with Crippen LogP contribution in [0.15, 0.2) is 18.3 Å². The van der Waals surface area contributed by atoms with Gasteiger partial charge in [0.2, 0.25) is 5.88 Å². The van der Waals surface area contributed by atoms with Crippen LogP contribution in [-0.4, -0.2) is 32.6 Å². The number of carbonyl (C=O) groups is 1. The van der Waals surface area contributed by atoms with Crippen LogP contribution in [-0.2, 0) is 6.42 Å². The molecule has 136 valence electrons. The van der Waals surface area contributed by atoms with Crippen LogP contribution >= 0.6 is 11.5 Å². The molecule has 1 N–H and O–H groups in total. The van der Waals surface area contributed by atoms with E-state index in [-0.39, 0.29) is 18.1 Å². The highest BCUT2D eigenvalue weighted by molar-refractivity contribution is 7.08. The molecule has 0 saturated heterocycles. The van der Waals surface area contributed by atoms with Gasteiger partial charge in [0.15, 0.2) is 0 Å². The van der Waals surface area contributed by atoms with Gasteiger partial charge in [0.05, 0.1) is 11.3 Å². The third kappa shape index (κ3) is 4.55. The van der Waals surface area contributed by atoms with Gasteiger partial charge in [0, 0.05) is 18.3 Å². The molecule has 0 unspecified atom stereocenters. The van der Waals surface area contributed by atoms with Crippen LogP contribution in [0.3, 0.4) is 0 Å². The van der Waals surface area contributed by atoms with Gasteiger partial charge in [0.25, 0.3) is 5.91 Å². The monoisotopic (exact) mass is 371 g/mol. The first kappa shape index (κ1) is 18.3. The van der Waals surface area contributed by atoms with E-state index in [0.29, 0.717) is 16.3 Å². The maximum absolute atomic E-state index is 12.5. The number of nitriles is 1. The van der Waals surface area contributed by atoms with Gasteiger partial charge in [-0.2, -0.15) is 5.26 Å². The molecular weight excluding hydrogens is 350 g/mol. The fourth-order valence-electron chi connectivity index (χ4n) is 3.04. The van der Waals surface area contributed by atoms with E-state index in [0.717, 1.165) is 55.8 Å². The van der Waals surface area contributed by atoms with E-state index < -0.39 is 0 Å². The van der Waals surface area contributed by atoms with Crippen molar-refractivity contribution >= 4 is 17.4 Å². The van der Waals surface area contributed by atoms with E-state index in [1.807, 2.05) is 6.07 Å². The molecule has 2 heterocycles. The van der Waals surface area contributed by atoms with Crippen LogP contribution in [0.25, 0.3) is 0 Å². The zero-order chi connectivity index (χ0) is 18.4. The maximum Gasteiger partial charge on any atom is 0.265 e. The lowest BCUT2D eigenvalue weighted by Crippen LogP contribution is -2.39. The van der Waals surface area contributed by atoms with Crippen molar-refractivity contribution in [3.63, 3.8) is 0 Å². The summed E-state index contributed by atoms with van der Waals surface area (Å²) in [6, 6.07) is 5.61. The zero-order valence-corrected chi connectivity index (χ0v) is 15.5. The van der Waals surface area contributed by atoms with Crippen LogP contribution in [0, 0.1) is 11.3 Å². The highest BCUT2D eigenvalue weighted by Gasteiger charge is 2.25. The first-order valence-electron chi connectivity index (χ1n) is 8.84. The predicted molar refractivity (Wildman–Crippen MR) is 97.0 cm³/mol. The molecule has 2 aromatic heterocycles. The molecule has 0 spiro atoms. The molecule has 3 rings (SSSR count). The molecule has 2 aromatic rings. The molecule has 0 radical (unpaired) electrons. The number of hydrogen-bond acceptors (Lipinski definition) is 7. The van der Waals surface area contributed by atoms with Crippen molar-refractivity contribution in [3.8, 4) is 11.9 Å². The number of pyridine rings is 1. The molecule has 1 aliphatic rings. The van der Waals surface area contributed by atoms with Crippen LogP contribution in [0.5, 0.6) is 5.88 Å². The number of rotatable bonds is 6. The molecule has 1 fully saturated rings. The summed E-state index contributed by atoms with van der Waals surface area (Å²) < 4.78 is 9.79. The molecule has 0 atom stereocenters. The molecule has 7 nitrogen and oxygen atoms in total. The minimum absolute atomic E-state index is 0.0680. The average Bonchev–Trinajstić information content (AvgIpc) is 3.13. The van der Waals surface area contributed by atoms with E-state index in [4.69, 9.17) is 10.00 Å². The van der Waals surface area contributed by atoms with Gasteiger partial charge in [-0.1, -0.05) is 17.8 Å². The second kappa shape index (κ2) is 8.72. The summed E-state index contributed by atoms with van der Waals surface area (Å²) in [6.07, 6.45) is 6.76. The Balaban J connectivity index is 1.48. The third-order valence-electron chi connectivity index (χ3n) is 4.41. The van der Waals surface area contributed by atoms with Crippen molar-refractivity contribution < 1.29 is 9.53 Å². The Kier molecular flexibility index (Phi) is 6.12. The number of nitrogens with zero attached hydrogens (tertiary/aromatic N) is 4. The van der Waals surface area contributed by atoms with E-state index in [1.54, 1.807) is 12.1 Å². The van der Waals surface area contributed by atoms with Crippen LogP contribution in [0.4, 0.5) is 0 Å². The Labute approximate surface area is 156 Å². The number of ether oxygens (including phenoxy) is 1. The molecule has 0 aromatic carbocycles. The molecule has 0 bridgehead atoms. The van der Waals surface area contributed by atoms with Crippen LogP contribution < -0.4 is 10.1 Å². The zero-order valence-electron chi connectivity index (χ0n) is 14.6. The molecule has 26 heavy (non-hydrogen) atoms. The first-order chi connectivity index (χ1) is 12.7. The Morgan fingerprint density at radius 2 is 2.19 bits per heavy atom. The lowest BCUT2D eigenvalue weighted by atomic mass is 9.93. The van der Waals surface area contributed by atoms with Crippen molar-refractivity contribution in [2.24, 2.45) is 0 Å². The maximum atomic E-state index is 12.5. The second-order valence-electron chi connectivity index (χ2n) is 6.36. The lowest BCUT2D eigenvalue weighted by Gasteiger charge is -2.29. The number of aryl methyl sites for hydroxylation is 1. The van der Waals surface area contributed by atoms with Gasteiger partial charge in [-0.25, -0.2) is 4.98 Å². The molecule has 0 aliphatic heterocycles. The summed E-state index contributed by atoms with van der Waals surface area (Å²) in [4.78, 5) is 17.2. The topological polar surface area (TPSA) is 101 Å². The van der Waals surface area contributed by atoms with Gasteiger partial charge in [-0.15, -0.1) is 5.10 Å². The van der Waals surface area contributed by atoms with Gasteiger partial charge in [-0.3, -0.25) is 4.79 Å². The largest absolute Gasteiger partial charge is 0.474 e. The number of amides is 1. The summed E-state index contributed by atoms with van der Waals surface area (Å²) in [5, 5.41) is 15.9. The molecule has 1 aliphatic carbocycles. The normalized spacial score (nSPS) is 19.5. The van der Waals surface area contributed by atoms with E-state index in [2.05, 4.69) is 26.8 Å². The van der Waals surface area contributed by atoms with Crippen molar-refractivity contribution in [1.82, 2.24) is 19.9 Å². The van der Waals surface area contributed by atoms with Gasteiger partial charge in [-0.05, 0) is 49.7 Å². The van der Waals surface area contributed by atoms with Gasteiger partial charge >= 0.3 is 0 Å². The average molecular weight is 371 g/mol. The van der Waals surface area contributed by atoms with Crippen LogP contribution in [0.1, 0.15) is 60.0 Å². The summed E-state index contributed by atoms with van der Waals surface area (Å²) in [6.45, 7) is 2.06. The van der Waals surface area contributed by atoms with Crippen LogP contribution in [0.2, 0.25) is 0 Å². The van der Waals surface area contributed by atoms with E-state index in [9.17, 15) is 4.79 Å². The van der Waals surface area contributed by atoms with Crippen molar-refractivity contribution in [1.29, 1.82) is 5.26 Å². The summed E-state index contributed by atoms with van der Waals surface area (Å²) in [7, 11) is 0. The summed E-state index contributed by atoms with van der Waals surface area (Å²) in [5.74, 6) is 0.470. The van der Waals surface area contributed by atoms with Gasteiger partial charge < -0.3 is 10.1 Å². The van der Waals surface area contributed by atoms with Crippen molar-refractivity contribution in [2.75, 3.05) is 0 Å². The number of nitrogens with one attached hydrogen (secondary N) is 1. The third-order valence-corrected chi connectivity index (χ3v) is 5.18. The van der Waals surface area contributed by atoms with Crippen molar-refractivity contribution in [3.05, 3.63) is 34.5 Å². The fourth-order valence-corrected chi connectivity index (χ4v) is 3.66. The fraction of sp³-hybridized carbons (Fsp3) is 0.500.